The van der Waals surface area contributed by atoms with Gasteiger partial charge in [0.1, 0.15) is 17.5 Å². The van der Waals surface area contributed by atoms with Crippen molar-refractivity contribution in [1.82, 2.24) is 10.3 Å². The van der Waals surface area contributed by atoms with E-state index in [1.54, 1.807) is 0 Å². The molecule has 0 unspecified atom stereocenters. The van der Waals surface area contributed by atoms with E-state index < -0.39 is 11.6 Å². The van der Waals surface area contributed by atoms with E-state index in [4.69, 9.17) is 11.6 Å². The minimum Gasteiger partial charge on any atom is -0.355 e. The number of carbonyl (C=O) groups excluding carboxylic acids is 1. The summed E-state index contributed by atoms with van der Waals surface area (Å²) in [7, 11) is 0. The molecule has 1 N–H and O–H groups in total. The van der Waals surface area contributed by atoms with Crippen molar-refractivity contribution in [2.75, 3.05) is 12.4 Å². The highest BCUT2D eigenvalue weighted by molar-refractivity contribution is 6.27. The summed E-state index contributed by atoms with van der Waals surface area (Å²) in [6, 6.07) is 0.756. The van der Waals surface area contributed by atoms with Gasteiger partial charge in [-0.05, 0) is 0 Å². The second-order valence-corrected chi connectivity index (χ2v) is 3.08. The van der Waals surface area contributed by atoms with Gasteiger partial charge in [0.25, 0.3) is 0 Å². The lowest BCUT2D eigenvalue weighted by molar-refractivity contribution is -0.118. The second-order valence-electron chi connectivity index (χ2n) is 2.82. The monoisotopic (exact) mass is 234 g/mol. The smallest absolute Gasteiger partial charge is 0.234 e. The van der Waals surface area contributed by atoms with E-state index in [1.807, 2.05) is 0 Å². The minimum atomic E-state index is -0.721. The normalized spacial score (nSPS) is 10.1. The van der Waals surface area contributed by atoms with E-state index in [9.17, 15) is 13.6 Å². The lowest BCUT2D eigenvalue weighted by atomic mass is 10.2. The zero-order valence-corrected chi connectivity index (χ0v) is 8.52. The van der Waals surface area contributed by atoms with Crippen LogP contribution in [0.1, 0.15) is 5.69 Å². The van der Waals surface area contributed by atoms with Crippen molar-refractivity contribution in [2.45, 2.75) is 6.42 Å². The van der Waals surface area contributed by atoms with E-state index in [0.717, 1.165) is 12.3 Å². The maximum Gasteiger partial charge on any atom is 0.234 e. The highest BCUT2D eigenvalue weighted by Gasteiger charge is 2.05. The number of alkyl halides is 1. The Morgan fingerprint density at radius 3 is 2.87 bits per heavy atom. The summed E-state index contributed by atoms with van der Waals surface area (Å²) in [5.74, 6) is -1.91. The van der Waals surface area contributed by atoms with Gasteiger partial charge in [-0.15, -0.1) is 11.6 Å². The SMILES string of the molecule is O=C(CCl)NCCc1ncc(F)cc1F. The fraction of sp³-hybridized carbons (Fsp3) is 0.333. The number of rotatable bonds is 4. The Bertz CT molecular complexity index is 360. The molecule has 3 nitrogen and oxygen atoms in total. The fourth-order valence-corrected chi connectivity index (χ4v) is 1.09. The fourth-order valence-electron chi connectivity index (χ4n) is 0.994. The summed E-state index contributed by atoms with van der Waals surface area (Å²) < 4.78 is 25.5. The summed E-state index contributed by atoms with van der Waals surface area (Å²) in [6.45, 7) is 0.223. The van der Waals surface area contributed by atoms with Crippen LogP contribution in [0.5, 0.6) is 0 Å². The molecule has 0 radical (unpaired) electrons. The molecule has 0 atom stereocenters. The van der Waals surface area contributed by atoms with Crippen molar-refractivity contribution in [3.05, 3.63) is 29.6 Å². The number of nitrogens with zero attached hydrogens (tertiary/aromatic N) is 1. The summed E-state index contributed by atoms with van der Waals surface area (Å²) in [4.78, 5) is 14.3. The van der Waals surface area contributed by atoms with Crippen LogP contribution in [-0.4, -0.2) is 23.3 Å². The number of halogens is 3. The van der Waals surface area contributed by atoms with Crippen LogP contribution >= 0.6 is 11.6 Å². The molecule has 1 rings (SSSR count). The highest BCUT2D eigenvalue weighted by atomic mass is 35.5. The number of nitrogens with one attached hydrogen (secondary N) is 1. The standard InChI is InChI=1S/C9H9ClF2N2O/c10-4-9(15)13-2-1-8-7(12)3-6(11)5-14-8/h3,5H,1-2,4H2,(H,13,15). The van der Waals surface area contributed by atoms with Crippen LogP contribution in [0.4, 0.5) is 8.78 Å². The second kappa shape index (κ2) is 5.60. The highest BCUT2D eigenvalue weighted by Crippen LogP contribution is 2.05. The third kappa shape index (κ3) is 3.79. The van der Waals surface area contributed by atoms with Gasteiger partial charge in [0.15, 0.2) is 0 Å². The molecule has 0 spiro atoms. The zero-order valence-electron chi connectivity index (χ0n) is 7.77. The number of hydrogen-bond acceptors (Lipinski definition) is 2. The van der Waals surface area contributed by atoms with E-state index in [1.165, 1.54) is 0 Å². The molecule has 1 aromatic heterocycles. The molecule has 0 aliphatic carbocycles. The Morgan fingerprint density at radius 1 is 1.53 bits per heavy atom. The summed E-state index contributed by atoms with van der Waals surface area (Å²) >= 11 is 5.23. The average molecular weight is 235 g/mol. The van der Waals surface area contributed by atoms with Gasteiger partial charge in [-0.2, -0.15) is 0 Å². The summed E-state index contributed by atoms with van der Waals surface area (Å²) in [6.07, 6.45) is 1.14. The van der Waals surface area contributed by atoms with Crippen molar-refractivity contribution < 1.29 is 13.6 Å². The summed E-state index contributed by atoms with van der Waals surface area (Å²) in [5, 5.41) is 2.45. The Kier molecular flexibility index (Phi) is 4.42. The number of amides is 1. The van der Waals surface area contributed by atoms with Crippen LogP contribution in [0, 0.1) is 11.6 Å². The van der Waals surface area contributed by atoms with Crippen molar-refractivity contribution >= 4 is 17.5 Å². The predicted octanol–water partition coefficient (Wildman–Crippen LogP) is 1.26. The van der Waals surface area contributed by atoms with E-state index in [2.05, 4.69) is 10.3 Å². The first-order chi connectivity index (χ1) is 7.13. The molecule has 1 heterocycles. The van der Waals surface area contributed by atoms with E-state index in [-0.39, 0.29) is 30.4 Å². The van der Waals surface area contributed by atoms with Crippen molar-refractivity contribution in [1.29, 1.82) is 0 Å². The van der Waals surface area contributed by atoms with Gasteiger partial charge in [-0.3, -0.25) is 9.78 Å². The van der Waals surface area contributed by atoms with Gasteiger partial charge in [0.2, 0.25) is 5.91 Å². The number of hydrogen-bond donors (Lipinski definition) is 1. The maximum absolute atomic E-state index is 13.0. The first-order valence-corrected chi connectivity index (χ1v) is 4.79. The minimum absolute atomic E-state index is 0.117. The lowest BCUT2D eigenvalue weighted by Crippen LogP contribution is -2.27. The largest absolute Gasteiger partial charge is 0.355 e. The van der Waals surface area contributed by atoms with Gasteiger partial charge in [-0.1, -0.05) is 0 Å². The van der Waals surface area contributed by atoms with Crippen molar-refractivity contribution in [3.8, 4) is 0 Å². The van der Waals surface area contributed by atoms with Gasteiger partial charge in [0.05, 0.1) is 11.9 Å². The van der Waals surface area contributed by atoms with Crippen molar-refractivity contribution in [3.63, 3.8) is 0 Å². The number of pyridine rings is 1. The number of aromatic nitrogens is 1. The molecule has 6 heteroatoms. The molecule has 0 saturated heterocycles. The van der Waals surface area contributed by atoms with Crippen molar-refractivity contribution in [2.24, 2.45) is 0 Å². The molecular weight excluding hydrogens is 226 g/mol. The first kappa shape index (κ1) is 11.8. The molecule has 0 aliphatic rings. The predicted molar refractivity (Wildman–Crippen MR) is 51.6 cm³/mol. The Hall–Kier alpha value is -1.23. The van der Waals surface area contributed by atoms with Crippen LogP contribution in [-0.2, 0) is 11.2 Å². The molecule has 82 valence electrons. The molecule has 0 aliphatic heterocycles. The quantitative estimate of drug-likeness (QED) is 0.797. The molecule has 1 amide bonds. The van der Waals surface area contributed by atoms with Crippen LogP contribution in [0.2, 0.25) is 0 Å². The molecule has 0 fully saturated rings. The van der Waals surface area contributed by atoms with E-state index >= 15 is 0 Å². The molecular formula is C9H9ClF2N2O. The molecule has 0 bridgehead atoms. The number of carbonyl (C=O) groups is 1. The van der Waals surface area contributed by atoms with Crippen LogP contribution in [0.15, 0.2) is 12.3 Å². The molecule has 0 saturated carbocycles. The molecule has 0 aromatic carbocycles. The Labute approximate surface area is 90.5 Å². The summed E-state index contributed by atoms with van der Waals surface area (Å²) in [5.41, 5.74) is 0.117. The van der Waals surface area contributed by atoms with Gasteiger partial charge in [-0.25, -0.2) is 8.78 Å². The van der Waals surface area contributed by atoms with Crippen LogP contribution in [0.25, 0.3) is 0 Å². The Morgan fingerprint density at radius 2 is 2.27 bits per heavy atom. The maximum atomic E-state index is 13.0. The van der Waals surface area contributed by atoms with Gasteiger partial charge in [0, 0.05) is 19.0 Å². The topological polar surface area (TPSA) is 42.0 Å². The molecule has 1 aromatic rings. The first-order valence-electron chi connectivity index (χ1n) is 4.26. The van der Waals surface area contributed by atoms with Crippen LogP contribution in [0.3, 0.4) is 0 Å². The average Bonchev–Trinajstić information content (AvgIpc) is 2.21. The van der Waals surface area contributed by atoms with E-state index in [0.29, 0.717) is 0 Å². The zero-order chi connectivity index (χ0) is 11.3. The van der Waals surface area contributed by atoms with Gasteiger partial charge < -0.3 is 5.32 Å². The third-order valence-electron chi connectivity index (χ3n) is 1.69. The third-order valence-corrected chi connectivity index (χ3v) is 1.93. The molecule has 15 heavy (non-hydrogen) atoms. The lowest BCUT2D eigenvalue weighted by Gasteiger charge is -2.03. The van der Waals surface area contributed by atoms with Crippen LogP contribution < -0.4 is 5.32 Å². The van der Waals surface area contributed by atoms with Gasteiger partial charge >= 0.3 is 0 Å². The Balaban J connectivity index is 2.47.